The molecule has 0 radical (unpaired) electrons. The number of hydrogen-bond donors (Lipinski definition) is 4. The van der Waals surface area contributed by atoms with Gasteiger partial charge in [0.1, 0.15) is 17.3 Å². The van der Waals surface area contributed by atoms with E-state index in [0.717, 1.165) is 0 Å². The smallest absolute Gasteiger partial charge is 0.341 e. The van der Waals surface area contributed by atoms with E-state index in [-0.39, 0.29) is 46.9 Å². The number of amidine groups is 1. The topological polar surface area (TPSA) is 152 Å². The van der Waals surface area contributed by atoms with Crippen LogP contribution in [-0.4, -0.2) is 48.4 Å². The molecular formula is C20H22IN3O6. The number of carbonyl (C=O) groups excluding carboxylic acids is 2. The zero-order valence-corrected chi connectivity index (χ0v) is 18.6. The van der Waals surface area contributed by atoms with E-state index in [9.17, 15) is 14.4 Å². The first-order valence-corrected chi connectivity index (χ1v) is 8.55. The van der Waals surface area contributed by atoms with Gasteiger partial charge in [-0.25, -0.2) is 4.79 Å². The number of rotatable bonds is 9. The van der Waals surface area contributed by atoms with E-state index in [1.54, 1.807) is 6.92 Å². The minimum absolute atomic E-state index is 0. The number of Topliss-reactive ketones (excluding diaryl/α,β-unsaturated/α-hetero) is 1. The number of nitrogen functional groups attached to an aromatic ring is 1. The van der Waals surface area contributed by atoms with Crippen molar-refractivity contribution >= 4 is 47.5 Å². The average Bonchev–Trinajstić information content (AvgIpc) is 2.71. The van der Waals surface area contributed by atoms with Crippen molar-refractivity contribution in [1.82, 2.24) is 5.32 Å². The first-order valence-electron chi connectivity index (χ1n) is 8.55. The van der Waals surface area contributed by atoms with Crippen molar-refractivity contribution in [2.24, 2.45) is 5.73 Å². The zero-order chi connectivity index (χ0) is 21.6. The molecule has 160 valence electrons. The number of methoxy groups -OCH3 is 1. The second-order valence-electron chi connectivity index (χ2n) is 6.09. The molecule has 0 saturated heterocycles. The van der Waals surface area contributed by atoms with E-state index < -0.39 is 24.5 Å². The summed E-state index contributed by atoms with van der Waals surface area (Å²) in [4.78, 5) is 35.6. The molecule has 2 aromatic carbocycles. The SMILES string of the molecule is COc1cc(C(=N)N)ccc1C(=O)NC(C)C(=O)c1ccc(OCC(=O)O)cc1.I. The number of ketones is 1. The van der Waals surface area contributed by atoms with Crippen LogP contribution in [0.15, 0.2) is 42.5 Å². The number of carbonyl (C=O) groups is 3. The van der Waals surface area contributed by atoms with Gasteiger partial charge >= 0.3 is 5.97 Å². The highest BCUT2D eigenvalue weighted by Crippen LogP contribution is 2.20. The lowest BCUT2D eigenvalue weighted by Gasteiger charge is -2.15. The lowest BCUT2D eigenvalue weighted by molar-refractivity contribution is -0.139. The van der Waals surface area contributed by atoms with Crippen LogP contribution < -0.4 is 20.5 Å². The van der Waals surface area contributed by atoms with Gasteiger partial charge in [-0.2, -0.15) is 0 Å². The van der Waals surface area contributed by atoms with Crippen molar-refractivity contribution in [2.45, 2.75) is 13.0 Å². The first-order chi connectivity index (χ1) is 13.7. The minimum Gasteiger partial charge on any atom is -0.496 e. The fraction of sp³-hybridized carbons (Fsp3) is 0.200. The molecule has 0 aliphatic rings. The van der Waals surface area contributed by atoms with Gasteiger partial charge in [-0.1, -0.05) is 6.07 Å². The van der Waals surface area contributed by atoms with E-state index in [1.807, 2.05) is 0 Å². The van der Waals surface area contributed by atoms with Gasteiger partial charge in [0.2, 0.25) is 0 Å². The summed E-state index contributed by atoms with van der Waals surface area (Å²) in [6.07, 6.45) is 0. The van der Waals surface area contributed by atoms with Gasteiger partial charge in [0.05, 0.1) is 18.7 Å². The Morgan fingerprint density at radius 3 is 2.27 bits per heavy atom. The van der Waals surface area contributed by atoms with Crippen LogP contribution in [0, 0.1) is 5.41 Å². The maximum Gasteiger partial charge on any atom is 0.341 e. The highest BCUT2D eigenvalue weighted by atomic mass is 127. The Morgan fingerprint density at radius 2 is 1.73 bits per heavy atom. The number of nitrogens with one attached hydrogen (secondary N) is 2. The van der Waals surface area contributed by atoms with Crippen LogP contribution in [0.5, 0.6) is 11.5 Å². The van der Waals surface area contributed by atoms with Crippen molar-refractivity contribution < 1.29 is 29.0 Å². The maximum absolute atomic E-state index is 12.6. The normalized spacial score (nSPS) is 10.9. The second-order valence-corrected chi connectivity index (χ2v) is 6.09. The number of nitrogens with two attached hydrogens (primary N) is 1. The number of carboxylic acid groups (broad SMARTS) is 1. The molecule has 1 atom stereocenters. The zero-order valence-electron chi connectivity index (χ0n) is 16.3. The summed E-state index contributed by atoms with van der Waals surface area (Å²) >= 11 is 0. The van der Waals surface area contributed by atoms with Crippen LogP contribution in [0.3, 0.4) is 0 Å². The maximum atomic E-state index is 12.6. The van der Waals surface area contributed by atoms with Gasteiger partial charge in [-0.05, 0) is 43.3 Å². The fourth-order valence-electron chi connectivity index (χ4n) is 2.50. The molecule has 1 amide bonds. The molecule has 5 N–H and O–H groups in total. The molecule has 0 fully saturated rings. The van der Waals surface area contributed by atoms with Crippen molar-refractivity contribution in [3.8, 4) is 11.5 Å². The molecule has 1 unspecified atom stereocenters. The van der Waals surface area contributed by atoms with Gasteiger partial charge in [-0.15, -0.1) is 24.0 Å². The van der Waals surface area contributed by atoms with E-state index in [0.29, 0.717) is 16.9 Å². The molecule has 0 spiro atoms. The predicted octanol–water partition coefficient (Wildman–Crippen LogP) is 2.06. The van der Waals surface area contributed by atoms with Gasteiger partial charge in [-0.3, -0.25) is 15.0 Å². The Bertz CT molecular complexity index is 946. The molecular weight excluding hydrogens is 505 g/mol. The van der Waals surface area contributed by atoms with Gasteiger partial charge in [0, 0.05) is 11.1 Å². The number of ether oxygens (including phenoxy) is 2. The highest BCUT2D eigenvalue weighted by molar-refractivity contribution is 14.0. The summed E-state index contributed by atoms with van der Waals surface area (Å²) in [5.41, 5.74) is 6.38. The third-order valence-corrected chi connectivity index (χ3v) is 4.00. The Kier molecular flexibility index (Phi) is 9.24. The molecule has 30 heavy (non-hydrogen) atoms. The quantitative estimate of drug-likeness (QED) is 0.169. The number of halogens is 1. The molecule has 0 heterocycles. The van der Waals surface area contributed by atoms with Crippen LogP contribution >= 0.6 is 24.0 Å². The summed E-state index contributed by atoms with van der Waals surface area (Å²) < 4.78 is 10.2. The molecule has 10 heteroatoms. The Morgan fingerprint density at radius 1 is 1.13 bits per heavy atom. The van der Waals surface area contributed by atoms with Crippen molar-refractivity contribution in [1.29, 1.82) is 5.41 Å². The van der Waals surface area contributed by atoms with Crippen molar-refractivity contribution in [2.75, 3.05) is 13.7 Å². The first kappa shape index (κ1) is 24.9. The highest BCUT2D eigenvalue weighted by Gasteiger charge is 2.21. The summed E-state index contributed by atoms with van der Waals surface area (Å²) in [5, 5.41) is 18.7. The minimum atomic E-state index is -1.10. The van der Waals surface area contributed by atoms with Crippen LogP contribution in [0.4, 0.5) is 0 Å². The number of aliphatic carboxylic acids is 1. The molecule has 0 bridgehead atoms. The number of carboxylic acids is 1. The van der Waals surface area contributed by atoms with Crippen LogP contribution in [-0.2, 0) is 4.79 Å². The molecule has 9 nitrogen and oxygen atoms in total. The average molecular weight is 527 g/mol. The largest absolute Gasteiger partial charge is 0.496 e. The van der Waals surface area contributed by atoms with Crippen LogP contribution in [0.2, 0.25) is 0 Å². The van der Waals surface area contributed by atoms with E-state index >= 15 is 0 Å². The van der Waals surface area contributed by atoms with Gasteiger partial charge < -0.3 is 25.6 Å². The fourth-order valence-corrected chi connectivity index (χ4v) is 2.50. The number of benzene rings is 2. The molecule has 2 rings (SSSR count). The Balaban J connectivity index is 0.00000450. The monoisotopic (exact) mass is 527 g/mol. The second kappa shape index (κ2) is 11.1. The van der Waals surface area contributed by atoms with E-state index in [2.05, 4.69) is 5.32 Å². The van der Waals surface area contributed by atoms with Gasteiger partial charge in [0.15, 0.2) is 12.4 Å². The van der Waals surface area contributed by atoms with E-state index in [1.165, 1.54) is 49.6 Å². The Labute approximate surface area is 190 Å². The van der Waals surface area contributed by atoms with Crippen LogP contribution in [0.25, 0.3) is 0 Å². The molecule has 0 aliphatic carbocycles. The summed E-state index contributed by atoms with van der Waals surface area (Å²) in [7, 11) is 1.39. The standard InChI is InChI=1S/C20H21N3O6.HI/c1-11(18(26)12-3-6-14(7-4-12)29-10-17(24)25)23-20(27)15-8-5-13(19(21)22)9-16(15)28-2;/h3-9,11H,10H2,1-2H3,(H3,21,22)(H,23,27)(H,24,25);1H. The molecule has 0 saturated carbocycles. The molecule has 2 aromatic rings. The molecule has 0 aromatic heterocycles. The van der Waals surface area contributed by atoms with Crippen molar-refractivity contribution in [3.63, 3.8) is 0 Å². The summed E-state index contributed by atoms with van der Waals surface area (Å²) in [6.45, 7) is 1.06. The summed E-state index contributed by atoms with van der Waals surface area (Å²) in [6, 6.07) is 9.57. The Hall–Kier alpha value is -3.15. The van der Waals surface area contributed by atoms with Crippen LogP contribution in [0.1, 0.15) is 33.2 Å². The van der Waals surface area contributed by atoms with Gasteiger partial charge in [0.25, 0.3) is 5.91 Å². The third kappa shape index (κ3) is 6.44. The number of amides is 1. The predicted molar refractivity (Wildman–Crippen MR) is 120 cm³/mol. The number of hydrogen-bond acceptors (Lipinski definition) is 6. The lowest BCUT2D eigenvalue weighted by atomic mass is 10.0. The summed E-state index contributed by atoms with van der Waals surface area (Å²) in [5.74, 6) is -1.56. The lowest BCUT2D eigenvalue weighted by Crippen LogP contribution is -2.38. The third-order valence-electron chi connectivity index (χ3n) is 4.00. The van der Waals surface area contributed by atoms with E-state index in [4.69, 9.17) is 25.7 Å². The molecule has 0 aliphatic heterocycles. The van der Waals surface area contributed by atoms with Crippen molar-refractivity contribution in [3.05, 3.63) is 59.2 Å².